The van der Waals surface area contributed by atoms with E-state index in [2.05, 4.69) is 25.5 Å². The van der Waals surface area contributed by atoms with Crippen molar-refractivity contribution >= 4 is 0 Å². The Bertz CT molecular complexity index is 76.6. The average Bonchev–Trinajstić information content (AvgIpc) is 2.14. The van der Waals surface area contributed by atoms with Gasteiger partial charge in [-0.3, -0.25) is 0 Å². The van der Waals surface area contributed by atoms with Crippen LogP contribution >= 0.6 is 0 Å². The molecule has 0 aromatic heterocycles. The van der Waals surface area contributed by atoms with Gasteiger partial charge in [0.05, 0.1) is 0 Å². The van der Waals surface area contributed by atoms with E-state index >= 15 is 0 Å². The lowest BCUT2D eigenvalue weighted by Crippen LogP contribution is -1.82. The smallest absolute Gasteiger partial charge is 0.0351 e. The van der Waals surface area contributed by atoms with Crippen LogP contribution < -0.4 is 0 Å². The summed E-state index contributed by atoms with van der Waals surface area (Å²) in [6.45, 7) is 6.94. The van der Waals surface area contributed by atoms with Gasteiger partial charge in [0.15, 0.2) is 0 Å². The van der Waals surface area contributed by atoms with E-state index in [0.717, 1.165) is 5.92 Å². The first-order valence-corrected chi connectivity index (χ1v) is 3.44. The molecule has 1 aliphatic rings. The maximum absolute atomic E-state index is 4.25. The second-order valence-corrected chi connectivity index (χ2v) is 3.50. The Kier molecular flexibility index (Phi) is 3.20. The van der Waals surface area contributed by atoms with Gasteiger partial charge in [-0.25, -0.2) is 0 Å². The van der Waals surface area contributed by atoms with Crippen LogP contribution in [-0.4, -0.2) is 14.2 Å². The first kappa shape index (κ1) is 8.96. The lowest BCUT2D eigenvalue weighted by atomic mass is 10.1. The highest BCUT2D eigenvalue weighted by Crippen LogP contribution is 2.50. The van der Waals surface area contributed by atoms with Crippen molar-refractivity contribution < 1.29 is 4.74 Å². The zero-order valence-electron chi connectivity index (χ0n) is 7.19. The average molecular weight is 130 g/mol. The molecule has 0 spiro atoms. The quantitative estimate of drug-likeness (QED) is 0.489. The van der Waals surface area contributed by atoms with Gasteiger partial charge in [0.1, 0.15) is 0 Å². The zero-order chi connectivity index (χ0) is 7.49. The van der Waals surface area contributed by atoms with Gasteiger partial charge in [0.25, 0.3) is 0 Å². The molecule has 0 radical (unpaired) electrons. The van der Waals surface area contributed by atoms with Crippen molar-refractivity contribution in [2.24, 2.45) is 11.3 Å². The second-order valence-electron chi connectivity index (χ2n) is 3.50. The summed E-state index contributed by atoms with van der Waals surface area (Å²) in [7, 11) is 3.25. The molecule has 1 nitrogen and oxygen atoms in total. The summed E-state index contributed by atoms with van der Waals surface area (Å²) >= 11 is 0. The van der Waals surface area contributed by atoms with E-state index in [1.54, 1.807) is 14.2 Å². The van der Waals surface area contributed by atoms with Crippen molar-refractivity contribution in [2.75, 3.05) is 14.2 Å². The molecule has 1 saturated carbocycles. The Balaban J connectivity index is 0.000000187. The molecule has 1 fully saturated rings. The summed E-state index contributed by atoms with van der Waals surface area (Å²) in [5.74, 6) is 0.998. The molecule has 56 valence electrons. The van der Waals surface area contributed by atoms with Gasteiger partial charge in [-0.1, -0.05) is 20.8 Å². The molecule has 1 heteroatoms. The molecule has 9 heavy (non-hydrogen) atoms. The van der Waals surface area contributed by atoms with Crippen molar-refractivity contribution in [3.05, 3.63) is 0 Å². The van der Waals surface area contributed by atoms with Crippen LogP contribution in [0.5, 0.6) is 0 Å². The lowest BCUT2D eigenvalue weighted by molar-refractivity contribution is 0.277. The monoisotopic (exact) mass is 130 g/mol. The third kappa shape index (κ3) is 3.52. The standard InChI is InChI=1S/C6H12.C2H6O/c1-5-4-6(5,2)3;1-3-2/h5H,4H2,1-3H3;1-2H3. The van der Waals surface area contributed by atoms with Gasteiger partial charge in [0.2, 0.25) is 0 Å². The number of rotatable bonds is 0. The van der Waals surface area contributed by atoms with Crippen LogP contribution in [0.25, 0.3) is 0 Å². The number of hydrogen-bond donors (Lipinski definition) is 0. The topological polar surface area (TPSA) is 9.23 Å². The van der Waals surface area contributed by atoms with Crippen LogP contribution in [0, 0.1) is 11.3 Å². The van der Waals surface area contributed by atoms with Crippen molar-refractivity contribution in [3.8, 4) is 0 Å². The molecule has 1 unspecified atom stereocenters. The molecule has 0 amide bonds. The van der Waals surface area contributed by atoms with E-state index < -0.39 is 0 Å². The van der Waals surface area contributed by atoms with Crippen LogP contribution in [0.15, 0.2) is 0 Å². The SMILES string of the molecule is CC1CC1(C)C.COC. The normalized spacial score (nSPS) is 28.3. The van der Waals surface area contributed by atoms with Crippen LogP contribution in [0.1, 0.15) is 27.2 Å². The minimum absolute atomic E-state index is 0.708. The Morgan fingerprint density at radius 1 is 1.33 bits per heavy atom. The summed E-state index contributed by atoms with van der Waals surface area (Å²) in [6.07, 6.45) is 1.44. The minimum atomic E-state index is 0.708. The van der Waals surface area contributed by atoms with Gasteiger partial charge < -0.3 is 4.74 Å². The summed E-state index contributed by atoms with van der Waals surface area (Å²) in [5.41, 5.74) is 0.708. The molecule has 0 bridgehead atoms. The van der Waals surface area contributed by atoms with Crippen LogP contribution in [0.4, 0.5) is 0 Å². The van der Waals surface area contributed by atoms with Crippen LogP contribution in [0.2, 0.25) is 0 Å². The molecule has 1 rings (SSSR count). The molecule has 1 aliphatic carbocycles. The maximum atomic E-state index is 4.25. The van der Waals surface area contributed by atoms with Gasteiger partial charge in [-0.2, -0.15) is 0 Å². The third-order valence-corrected chi connectivity index (χ3v) is 2.01. The fourth-order valence-electron chi connectivity index (χ4n) is 0.730. The lowest BCUT2D eigenvalue weighted by Gasteiger charge is -1.91. The van der Waals surface area contributed by atoms with E-state index in [9.17, 15) is 0 Å². The first-order chi connectivity index (χ1) is 4.04. The predicted molar refractivity (Wildman–Crippen MR) is 40.5 cm³/mol. The summed E-state index contributed by atoms with van der Waals surface area (Å²) in [5, 5.41) is 0. The number of hydrogen-bond acceptors (Lipinski definition) is 1. The first-order valence-electron chi connectivity index (χ1n) is 3.44. The molecule has 0 aromatic carbocycles. The van der Waals surface area contributed by atoms with Gasteiger partial charge >= 0.3 is 0 Å². The van der Waals surface area contributed by atoms with E-state index in [4.69, 9.17) is 0 Å². The highest BCUT2D eigenvalue weighted by Gasteiger charge is 2.41. The molecule has 0 heterocycles. The van der Waals surface area contributed by atoms with Crippen LogP contribution in [-0.2, 0) is 4.74 Å². The molecule has 0 saturated heterocycles. The van der Waals surface area contributed by atoms with Crippen molar-refractivity contribution in [1.82, 2.24) is 0 Å². The molecule has 1 atom stereocenters. The van der Waals surface area contributed by atoms with E-state index in [1.807, 2.05) is 0 Å². The van der Waals surface area contributed by atoms with Crippen molar-refractivity contribution in [2.45, 2.75) is 27.2 Å². The minimum Gasteiger partial charge on any atom is -0.388 e. The Morgan fingerprint density at radius 2 is 1.44 bits per heavy atom. The fourth-order valence-corrected chi connectivity index (χ4v) is 0.730. The van der Waals surface area contributed by atoms with E-state index in [1.165, 1.54) is 6.42 Å². The van der Waals surface area contributed by atoms with E-state index in [-0.39, 0.29) is 0 Å². The van der Waals surface area contributed by atoms with Gasteiger partial charge in [-0.05, 0) is 17.8 Å². The molecular formula is C8H18O. The molecule has 0 N–H and O–H groups in total. The van der Waals surface area contributed by atoms with Gasteiger partial charge in [-0.15, -0.1) is 0 Å². The largest absolute Gasteiger partial charge is 0.388 e. The van der Waals surface area contributed by atoms with Crippen LogP contribution in [0.3, 0.4) is 0 Å². The summed E-state index contributed by atoms with van der Waals surface area (Å²) < 4.78 is 4.25. The number of ether oxygens (including phenoxy) is 1. The van der Waals surface area contributed by atoms with Crippen molar-refractivity contribution in [3.63, 3.8) is 0 Å². The highest BCUT2D eigenvalue weighted by atomic mass is 16.4. The van der Waals surface area contributed by atoms with Gasteiger partial charge in [0, 0.05) is 14.2 Å². The maximum Gasteiger partial charge on any atom is 0.0351 e. The number of methoxy groups -OCH3 is 1. The molecule has 0 aliphatic heterocycles. The summed E-state index contributed by atoms with van der Waals surface area (Å²) in [4.78, 5) is 0. The van der Waals surface area contributed by atoms with E-state index in [0.29, 0.717) is 5.41 Å². The molecular weight excluding hydrogens is 112 g/mol. The summed E-state index contributed by atoms with van der Waals surface area (Å²) in [6, 6.07) is 0. The zero-order valence-corrected chi connectivity index (χ0v) is 7.19. The Hall–Kier alpha value is -0.0400. The highest BCUT2D eigenvalue weighted by molar-refractivity contribution is 4.91. The Labute approximate surface area is 58.4 Å². The van der Waals surface area contributed by atoms with Crippen molar-refractivity contribution in [1.29, 1.82) is 0 Å². The third-order valence-electron chi connectivity index (χ3n) is 2.01. The molecule has 0 aromatic rings. The predicted octanol–water partition coefficient (Wildman–Crippen LogP) is 2.32. The Morgan fingerprint density at radius 3 is 1.44 bits per heavy atom. The fraction of sp³-hybridized carbons (Fsp3) is 1.00. The second kappa shape index (κ2) is 3.21.